The van der Waals surface area contributed by atoms with Gasteiger partial charge in [0.25, 0.3) is 0 Å². The Kier molecular flexibility index (Phi) is 5.12. The zero-order valence-electron chi connectivity index (χ0n) is 10.5. The molecule has 0 aliphatic rings. The highest BCUT2D eigenvalue weighted by molar-refractivity contribution is 9.10. The zero-order valence-corrected chi connectivity index (χ0v) is 13.7. The first-order chi connectivity index (χ1) is 9.49. The fourth-order valence-electron chi connectivity index (χ4n) is 1.60. The highest BCUT2D eigenvalue weighted by Gasteiger charge is 2.11. The number of nitrogens with one attached hydrogen (secondary N) is 1. The Labute approximate surface area is 133 Å². The molecule has 0 unspecified atom stereocenters. The van der Waals surface area contributed by atoms with Gasteiger partial charge in [0.1, 0.15) is 10.8 Å². The third-order valence-electron chi connectivity index (χ3n) is 2.59. The number of anilines is 1. The second kappa shape index (κ2) is 6.65. The number of hydrogen-bond acceptors (Lipinski definition) is 3. The van der Waals surface area contributed by atoms with E-state index in [2.05, 4.69) is 26.2 Å². The van der Waals surface area contributed by atoms with E-state index in [4.69, 9.17) is 11.6 Å². The number of hydrogen-bond donors (Lipinski definition) is 1. The number of rotatable bonds is 4. The van der Waals surface area contributed by atoms with Gasteiger partial charge in [0.05, 0.1) is 22.5 Å². The first kappa shape index (κ1) is 15.4. The van der Waals surface area contributed by atoms with E-state index in [1.165, 1.54) is 17.4 Å². The third-order valence-corrected chi connectivity index (χ3v) is 4.37. The van der Waals surface area contributed by atoms with Gasteiger partial charge in [0, 0.05) is 11.1 Å². The van der Waals surface area contributed by atoms with E-state index in [1.807, 2.05) is 5.38 Å². The number of aryl methyl sites for hydroxylation is 1. The molecule has 1 amide bonds. The molecule has 0 fully saturated rings. The van der Waals surface area contributed by atoms with Crippen molar-refractivity contribution < 1.29 is 9.18 Å². The van der Waals surface area contributed by atoms with Gasteiger partial charge in [-0.05, 0) is 40.5 Å². The summed E-state index contributed by atoms with van der Waals surface area (Å²) in [6.07, 6.45) is 0.151. The summed E-state index contributed by atoms with van der Waals surface area (Å²) >= 11 is 10.1. The lowest BCUT2D eigenvalue weighted by atomic mass is 10.2. The van der Waals surface area contributed by atoms with E-state index >= 15 is 0 Å². The van der Waals surface area contributed by atoms with Crippen molar-refractivity contribution in [2.75, 3.05) is 5.32 Å². The van der Waals surface area contributed by atoms with E-state index in [-0.39, 0.29) is 12.3 Å². The monoisotopic (exact) mass is 376 g/mol. The van der Waals surface area contributed by atoms with Crippen molar-refractivity contribution in [1.82, 2.24) is 4.98 Å². The SMILES string of the molecule is Cc1cc(Br)c(F)cc1NC(=O)Cc1nc(CCl)cs1. The predicted octanol–water partition coefficient (Wildman–Crippen LogP) is 4.27. The van der Waals surface area contributed by atoms with Crippen molar-refractivity contribution >= 4 is 50.5 Å². The van der Waals surface area contributed by atoms with Crippen molar-refractivity contribution in [3.8, 4) is 0 Å². The van der Waals surface area contributed by atoms with Gasteiger partial charge in [0.15, 0.2) is 0 Å². The molecule has 20 heavy (non-hydrogen) atoms. The summed E-state index contributed by atoms with van der Waals surface area (Å²) in [6.45, 7) is 1.80. The van der Waals surface area contributed by atoms with E-state index in [1.54, 1.807) is 13.0 Å². The van der Waals surface area contributed by atoms with Crippen LogP contribution in [-0.2, 0) is 17.1 Å². The van der Waals surface area contributed by atoms with Crippen molar-refractivity contribution in [2.45, 2.75) is 19.2 Å². The van der Waals surface area contributed by atoms with Crippen LogP contribution in [0.4, 0.5) is 10.1 Å². The van der Waals surface area contributed by atoms with E-state index < -0.39 is 5.82 Å². The summed E-state index contributed by atoms with van der Waals surface area (Å²) in [6, 6.07) is 2.92. The molecule has 0 aliphatic carbocycles. The molecule has 0 saturated carbocycles. The van der Waals surface area contributed by atoms with E-state index in [9.17, 15) is 9.18 Å². The first-order valence-electron chi connectivity index (χ1n) is 5.74. The molecule has 3 nitrogen and oxygen atoms in total. The minimum atomic E-state index is -0.412. The third kappa shape index (κ3) is 3.77. The van der Waals surface area contributed by atoms with Gasteiger partial charge >= 0.3 is 0 Å². The lowest BCUT2D eigenvalue weighted by Gasteiger charge is -2.08. The van der Waals surface area contributed by atoms with E-state index in [0.29, 0.717) is 21.0 Å². The van der Waals surface area contributed by atoms with Crippen LogP contribution in [0.1, 0.15) is 16.3 Å². The smallest absolute Gasteiger partial charge is 0.231 e. The molecule has 1 aromatic carbocycles. The molecule has 2 rings (SSSR count). The van der Waals surface area contributed by atoms with Crippen molar-refractivity contribution in [2.24, 2.45) is 0 Å². The zero-order chi connectivity index (χ0) is 14.7. The van der Waals surface area contributed by atoms with Crippen LogP contribution < -0.4 is 5.32 Å². The summed E-state index contributed by atoms with van der Waals surface area (Å²) in [5, 5.41) is 5.20. The quantitative estimate of drug-likeness (QED) is 0.808. The number of carbonyl (C=O) groups is 1. The number of alkyl halides is 1. The van der Waals surface area contributed by atoms with Gasteiger partial charge in [-0.15, -0.1) is 22.9 Å². The second-order valence-corrected chi connectivity index (χ2v) is 6.24. The molecule has 2 aromatic rings. The summed E-state index contributed by atoms with van der Waals surface area (Å²) in [7, 11) is 0. The second-order valence-electron chi connectivity index (χ2n) is 4.17. The fraction of sp³-hybridized carbons (Fsp3) is 0.231. The Morgan fingerprint density at radius 1 is 1.55 bits per heavy atom. The number of carbonyl (C=O) groups excluding carboxylic acids is 1. The summed E-state index contributed by atoms with van der Waals surface area (Å²) in [4.78, 5) is 16.1. The minimum absolute atomic E-state index is 0.151. The fourth-order valence-corrected chi connectivity index (χ4v) is 3.08. The number of amides is 1. The predicted molar refractivity (Wildman–Crippen MR) is 82.8 cm³/mol. The highest BCUT2D eigenvalue weighted by atomic mass is 79.9. The molecule has 0 atom stereocenters. The lowest BCUT2D eigenvalue weighted by Crippen LogP contribution is -2.15. The largest absolute Gasteiger partial charge is 0.325 e. The summed E-state index contributed by atoms with van der Waals surface area (Å²) in [5.74, 6) is -0.315. The van der Waals surface area contributed by atoms with Crippen LogP contribution in [0.25, 0.3) is 0 Å². The molecule has 0 saturated heterocycles. The Bertz CT molecular complexity index is 647. The Balaban J connectivity index is 2.06. The normalized spacial score (nSPS) is 10.6. The number of nitrogens with zero attached hydrogens (tertiary/aromatic N) is 1. The summed E-state index contributed by atoms with van der Waals surface area (Å²) < 4.78 is 13.8. The highest BCUT2D eigenvalue weighted by Crippen LogP contribution is 2.24. The molecular formula is C13H11BrClFN2OS. The van der Waals surface area contributed by atoms with E-state index in [0.717, 1.165) is 11.3 Å². The van der Waals surface area contributed by atoms with Crippen molar-refractivity contribution in [1.29, 1.82) is 0 Å². The molecule has 106 valence electrons. The van der Waals surface area contributed by atoms with Gasteiger partial charge in [0.2, 0.25) is 5.91 Å². The molecule has 0 aliphatic heterocycles. The van der Waals surface area contributed by atoms with Crippen LogP contribution in [0.3, 0.4) is 0 Å². The van der Waals surface area contributed by atoms with Gasteiger partial charge in [-0.1, -0.05) is 0 Å². The summed E-state index contributed by atoms with van der Waals surface area (Å²) in [5.41, 5.74) is 2.00. The molecule has 0 radical (unpaired) electrons. The van der Waals surface area contributed by atoms with Gasteiger partial charge in [-0.2, -0.15) is 0 Å². The van der Waals surface area contributed by atoms with Gasteiger partial charge < -0.3 is 5.32 Å². The van der Waals surface area contributed by atoms with Crippen LogP contribution >= 0.6 is 38.9 Å². The van der Waals surface area contributed by atoms with Crippen molar-refractivity contribution in [3.05, 3.63) is 44.1 Å². The number of halogens is 3. The number of aromatic nitrogens is 1. The van der Waals surface area contributed by atoms with Crippen LogP contribution in [0.15, 0.2) is 22.0 Å². The molecule has 7 heteroatoms. The maximum atomic E-state index is 13.5. The molecule has 0 bridgehead atoms. The standard InChI is InChI=1S/C13H11BrClFN2OS/c1-7-2-9(14)10(16)3-11(7)18-12(19)4-13-17-8(5-15)6-20-13/h2-3,6H,4-5H2,1H3,(H,18,19). The molecule has 1 N–H and O–H groups in total. The maximum absolute atomic E-state index is 13.5. The van der Waals surface area contributed by atoms with Crippen LogP contribution in [0.5, 0.6) is 0 Å². The Morgan fingerprint density at radius 2 is 2.30 bits per heavy atom. The van der Waals surface area contributed by atoms with Gasteiger partial charge in [-0.3, -0.25) is 4.79 Å². The molecule has 1 aromatic heterocycles. The maximum Gasteiger partial charge on any atom is 0.231 e. The molecular weight excluding hydrogens is 367 g/mol. The lowest BCUT2D eigenvalue weighted by molar-refractivity contribution is -0.115. The average molecular weight is 378 g/mol. The van der Waals surface area contributed by atoms with Crippen LogP contribution in [0, 0.1) is 12.7 Å². The number of benzene rings is 1. The van der Waals surface area contributed by atoms with Gasteiger partial charge in [-0.25, -0.2) is 9.37 Å². The Morgan fingerprint density at radius 3 is 2.95 bits per heavy atom. The van der Waals surface area contributed by atoms with Crippen LogP contribution in [-0.4, -0.2) is 10.9 Å². The average Bonchev–Trinajstić information content (AvgIpc) is 2.83. The van der Waals surface area contributed by atoms with Crippen molar-refractivity contribution in [3.63, 3.8) is 0 Å². The van der Waals surface area contributed by atoms with Crippen LogP contribution in [0.2, 0.25) is 0 Å². The molecule has 0 spiro atoms. The first-order valence-corrected chi connectivity index (χ1v) is 7.95. The topological polar surface area (TPSA) is 42.0 Å². The number of thiazole rings is 1. The molecule has 1 heterocycles. The Hall–Kier alpha value is -0.980. The minimum Gasteiger partial charge on any atom is -0.325 e.